The van der Waals surface area contributed by atoms with E-state index in [4.69, 9.17) is 4.74 Å². The van der Waals surface area contributed by atoms with E-state index in [2.05, 4.69) is 15.3 Å². The Labute approximate surface area is 104 Å². The highest BCUT2D eigenvalue weighted by Crippen LogP contribution is 2.27. The van der Waals surface area contributed by atoms with Crippen LogP contribution in [-0.4, -0.2) is 32.2 Å². The molecule has 1 aliphatic heterocycles. The molecule has 2 aromatic heterocycles. The number of nitrogens with zero attached hydrogens (tertiary/aromatic N) is 3. The summed E-state index contributed by atoms with van der Waals surface area (Å²) in [4.78, 5) is 12.3. The van der Waals surface area contributed by atoms with Crippen LogP contribution in [0.4, 0.5) is 0 Å². The van der Waals surface area contributed by atoms with Crippen LogP contribution in [0.1, 0.15) is 32.7 Å². The van der Waals surface area contributed by atoms with Crippen molar-refractivity contribution in [1.29, 1.82) is 0 Å². The number of aromatic nitrogens is 4. The number of ether oxygens (including phenoxy) is 1. The summed E-state index contributed by atoms with van der Waals surface area (Å²) in [6, 6.07) is 0.107. The summed E-state index contributed by atoms with van der Waals surface area (Å²) in [5.41, 5.74) is 0.608. The molecule has 3 heterocycles. The standard InChI is InChI=1S/C12H16N4O2/c1-7-3-9(4-8(2)18-7)16-12(17)10-5-13-15-11(10)6-14-16/h5-9H,3-4H2,1-2H3,(H,13,15). The van der Waals surface area contributed by atoms with Crippen LogP contribution in [0, 0.1) is 0 Å². The summed E-state index contributed by atoms with van der Waals surface area (Å²) in [5, 5.41) is 11.5. The zero-order valence-electron chi connectivity index (χ0n) is 10.5. The van der Waals surface area contributed by atoms with Gasteiger partial charge in [-0.05, 0) is 26.7 Å². The van der Waals surface area contributed by atoms with Gasteiger partial charge in [0.15, 0.2) is 0 Å². The number of rotatable bonds is 1. The number of fused-ring (bicyclic) bond motifs is 1. The Morgan fingerprint density at radius 2 is 2.06 bits per heavy atom. The van der Waals surface area contributed by atoms with Gasteiger partial charge in [0.2, 0.25) is 0 Å². The van der Waals surface area contributed by atoms with Gasteiger partial charge in [-0.2, -0.15) is 10.2 Å². The molecule has 2 aromatic rings. The minimum Gasteiger partial charge on any atom is -0.375 e. The first kappa shape index (κ1) is 11.4. The van der Waals surface area contributed by atoms with E-state index < -0.39 is 0 Å². The molecule has 0 aliphatic carbocycles. The fourth-order valence-corrected chi connectivity index (χ4v) is 2.69. The van der Waals surface area contributed by atoms with Gasteiger partial charge in [0.05, 0.1) is 41.5 Å². The zero-order chi connectivity index (χ0) is 12.7. The topological polar surface area (TPSA) is 72.8 Å². The molecule has 1 N–H and O–H groups in total. The fourth-order valence-electron chi connectivity index (χ4n) is 2.69. The molecule has 6 heteroatoms. The monoisotopic (exact) mass is 248 g/mol. The molecular formula is C12H16N4O2. The van der Waals surface area contributed by atoms with Crippen LogP contribution in [0.5, 0.6) is 0 Å². The normalized spacial score (nSPS) is 28.7. The molecule has 1 saturated heterocycles. The number of hydrogen-bond donors (Lipinski definition) is 1. The summed E-state index contributed by atoms with van der Waals surface area (Å²) in [7, 11) is 0. The second kappa shape index (κ2) is 4.20. The number of aromatic amines is 1. The van der Waals surface area contributed by atoms with Gasteiger partial charge in [0.25, 0.3) is 5.56 Å². The van der Waals surface area contributed by atoms with E-state index in [1.165, 1.54) is 0 Å². The summed E-state index contributed by atoms with van der Waals surface area (Å²) in [5.74, 6) is 0. The molecular weight excluding hydrogens is 232 g/mol. The third-order valence-electron chi connectivity index (χ3n) is 3.44. The van der Waals surface area contributed by atoms with Crippen LogP contribution < -0.4 is 5.56 Å². The summed E-state index contributed by atoms with van der Waals surface area (Å²) >= 11 is 0. The van der Waals surface area contributed by atoms with Gasteiger partial charge in [-0.3, -0.25) is 9.89 Å². The number of hydrogen-bond acceptors (Lipinski definition) is 4. The smallest absolute Gasteiger partial charge is 0.278 e. The Morgan fingerprint density at radius 3 is 2.78 bits per heavy atom. The van der Waals surface area contributed by atoms with E-state index in [1.807, 2.05) is 13.8 Å². The van der Waals surface area contributed by atoms with Crippen LogP contribution >= 0.6 is 0 Å². The van der Waals surface area contributed by atoms with Crippen molar-refractivity contribution in [2.75, 3.05) is 0 Å². The molecule has 0 radical (unpaired) electrons. The maximum atomic E-state index is 12.3. The van der Waals surface area contributed by atoms with Crippen LogP contribution in [0.25, 0.3) is 10.9 Å². The Hall–Kier alpha value is -1.69. The van der Waals surface area contributed by atoms with E-state index in [1.54, 1.807) is 17.1 Å². The van der Waals surface area contributed by atoms with E-state index in [0.717, 1.165) is 12.8 Å². The molecule has 0 spiro atoms. The lowest BCUT2D eigenvalue weighted by Crippen LogP contribution is -2.36. The van der Waals surface area contributed by atoms with Crippen LogP contribution in [0.15, 0.2) is 17.2 Å². The molecule has 6 nitrogen and oxygen atoms in total. The van der Waals surface area contributed by atoms with Crippen molar-refractivity contribution in [2.24, 2.45) is 0 Å². The van der Waals surface area contributed by atoms with Gasteiger partial charge < -0.3 is 4.74 Å². The first-order valence-corrected chi connectivity index (χ1v) is 6.21. The predicted octanol–water partition coefficient (Wildman–Crippen LogP) is 1.25. The van der Waals surface area contributed by atoms with Crippen molar-refractivity contribution in [3.8, 4) is 0 Å². The molecule has 0 bridgehead atoms. The van der Waals surface area contributed by atoms with Crippen molar-refractivity contribution in [3.05, 3.63) is 22.7 Å². The van der Waals surface area contributed by atoms with E-state index in [0.29, 0.717) is 10.9 Å². The summed E-state index contributed by atoms with van der Waals surface area (Å²) in [6.45, 7) is 4.06. The second-order valence-corrected chi connectivity index (χ2v) is 4.97. The molecule has 1 aliphatic rings. The fraction of sp³-hybridized carbons (Fsp3) is 0.583. The van der Waals surface area contributed by atoms with Crippen molar-refractivity contribution in [2.45, 2.75) is 44.9 Å². The van der Waals surface area contributed by atoms with Gasteiger partial charge in [-0.15, -0.1) is 0 Å². The van der Waals surface area contributed by atoms with Crippen LogP contribution in [0.2, 0.25) is 0 Å². The van der Waals surface area contributed by atoms with Crippen molar-refractivity contribution < 1.29 is 4.74 Å². The Kier molecular flexibility index (Phi) is 2.66. The lowest BCUT2D eigenvalue weighted by molar-refractivity contribution is -0.0513. The third-order valence-corrected chi connectivity index (χ3v) is 3.44. The van der Waals surface area contributed by atoms with Gasteiger partial charge >= 0.3 is 0 Å². The molecule has 0 amide bonds. The summed E-state index contributed by atoms with van der Waals surface area (Å²) in [6.07, 6.45) is 5.18. The minimum atomic E-state index is -0.0763. The molecule has 1 fully saturated rings. The van der Waals surface area contributed by atoms with Gasteiger partial charge in [0.1, 0.15) is 0 Å². The molecule has 96 valence electrons. The number of H-pyrrole nitrogens is 1. The maximum Gasteiger partial charge on any atom is 0.278 e. The molecule has 18 heavy (non-hydrogen) atoms. The van der Waals surface area contributed by atoms with E-state index in [9.17, 15) is 4.79 Å². The van der Waals surface area contributed by atoms with E-state index in [-0.39, 0.29) is 23.8 Å². The predicted molar refractivity (Wildman–Crippen MR) is 66.4 cm³/mol. The molecule has 0 aromatic carbocycles. The minimum absolute atomic E-state index is 0.0763. The Morgan fingerprint density at radius 1 is 1.33 bits per heavy atom. The van der Waals surface area contributed by atoms with Crippen LogP contribution in [-0.2, 0) is 4.74 Å². The van der Waals surface area contributed by atoms with E-state index >= 15 is 0 Å². The molecule has 0 saturated carbocycles. The summed E-state index contributed by atoms with van der Waals surface area (Å²) < 4.78 is 7.27. The highest BCUT2D eigenvalue weighted by molar-refractivity contribution is 5.75. The highest BCUT2D eigenvalue weighted by Gasteiger charge is 2.27. The molecule has 3 rings (SSSR count). The molecule has 2 unspecified atom stereocenters. The zero-order valence-corrected chi connectivity index (χ0v) is 10.5. The largest absolute Gasteiger partial charge is 0.375 e. The second-order valence-electron chi connectivity index (χ2n) is 4.97. The van der Waals surface area contributed by atoms with Crippen molar-refractivity contribution >= 4 is 10.9 Å². The quantitative estimate of drug-likeness (QED) is 0.824. The van der Waals surface area contributed by atoms with Crippen LogP contribution in [0.3, 0.4) is 0 Å². The van der Waals surface area contributed by atoms with Crippen molar-refractivity contribution in [3.63, 3.8) is 0 Å². The number of nitrogens with one attached hydrogen (secondary N) is 1. The first-order chi connectivity index (χ1) is 8.65. The van der Waals surface area contributed by atoms with Gasteiger partial charge in [0, 0.05) is 0 Å². The average Bonchev–Trinajstić information content (AvgIpc) is 2.77. The van der Waals surface area contributed by atoms with Gasteiger partial charge in [-0.1, -0.05) is 0 Å². The highest BCUT2D eigenvalue weighted by atomic mass is 16.5. The first-order valence-electron chi connectivity index (χ1n) is 6.21. The third kappa shape index (κ3) is 1.82. The average molecular weight is 248 g/mol. The Bertz CT molecular complexity index is 608. The lowest BCUT2D eigenvalue weighted by Gasteiger charge is -2.32. The SMILES string of the molecule is CC1CC(n2ncc3[nH]ncc3c2=O)CC(C)O1. The maximum absolute atomic E-state index is 12.3. The lowest BCUT2D eigenvalue weighted by atomic mass is 10.00. The van der Waals surface area contributed by atoms with Gasteiger partial charge in [-0.25, -0.2) is 4.68 Å². The molecule has 2 atom stereocenters. The Balaban J connectivity index is 2.03. The van der Waals surface area contributed by atoms with Crippen molar-refractivity contribution in [1.82, 2.24) is 20.0 Å².